The van der Waals surface area contributed by atoms with Crippen LogP contribution in [0.25, 0.3) is 0 Å². The smallest absolute Gasteiger partial charge is 0.545 e. The van der Waals surface area contributed by atoms with Crippen LogP contribution in [0.4, 0.5) is 0 Å². The van der Waals surface area contributed by atoms with Gasteiger partial charge in [-0.05, 0) is 17.5 Å². The first-order valence-electron chi connectivity index (χ1n) is 3.98. The zero-order valence-electron chi connectivity index (χ0n) is 8.03. The van der Waals surface area contributed by atoms with Crippen LogP contribution in [0.2, 0.25) is 0 Å². The third-order valence-corrected chi connectivity index (χ3v) is 1.74. The number of aromatic carboxylic acids is 1. The van der Waals surface area contributed by atoms with Crippen LogP contribution in [-0.2, 0) is 11.2 Å². The number of hydrogen-bond acceptors (Lipinski definition) is 3. The minimum absolute atomic E-state index is 0. The predicted octanol–water partition coefficient (Wildman–Crippen LogP) is -2.81. The maximum atomic E-state index is 10.4. The van der Waals surface area contributed by atoms with Crippen LogP contribution in [0.5, 0.6) is 0 Å². The summed E-state index contributed by atoms with van der Waals surface area (Å²) < 4.78 is 0. The molecule has 1 aromatic rings. The van der Waals surface area contributed by atoms with E-state index >= 15 is 0 Å². The third-order valence-electron chi connectivity index (χ3n) is 1.74. The molecule has 0 heterocycles. The Morgan fingerprint density at radius 3 is 2.29 bits per heavy atom. The molecule has 1 aromatic carbocycles. The van der Waals surface area contributed by atoms with Gasteiger partial charge in [0.1, 0.15) is 6.29 Å². The van der Waals surface area contributed by atoms with Crippen molar-refractivity contribution in [2.24, 2.45) is 0 Å². The molecular weight excluding hydrogens is 191 g/mol. The van der Waals surface area contributed by atoms with Crippen molar-refractivity contribution in [2.45, 2.75) is 12.8 Å². The summed E-state index contributed by atoms with van der Waals surface area (Å²) in [4.78, 5) is 20.4. The zero-order chi connectivity index (χ0) is 9.68. The van der Waals surface area contributed by atoms with Crippen LogP contribution in [-0.4, -0.2) is 12.3 Å². The summed E-state index contributed by atoms with van der Waals surface area (Å²) in [7, 11) is 0. The van der Waals surface area contributed by atoms with Gasteiger partial charge in [0.25, 0.3) is 0 Å². The molecule has 68 valence electrons. The summed E-state index contributed by atoms with van der Waals surface area (Å²) in [6.07, 6.45) is 1.95. The normalized spacial score (nSPS) is 8.86. The molecule has 0 fully saturated rings. The van der Waals surface area contributed by atoms with E-state index in [4.69, 9.17) is 0 Å². The Bertz CT molecular complexity index is 306. The molecule has 0 aliphatic heterocycles. The molecule has 0 spiro atoms. The van der Waals surface area contributed by atoms with E-state index in [1.54, 1.807) is 12.1 Å². The van der Waals surface area contributed by atoms with Crippen LogP contribution in [0.15, 0.2) is 24.3 Å². The van der Waals surface area contributed by atoms with Crippen LogP contribution < -0.4 is 34.7 Å². The summed E-state index contributed by atoms with van der Waals surface area (Å²) >= 11 is 0. The maximum Gasteiger partial charge on any atom is 1.00 e. The fourth-order valence-electron chi connectivity index (χ4n) is 1.03. The van der Waals surface area contributed by atoms with Crippen molar-refractivity contribution in [3.05, 3.63) is 35.4 Å². The monoisotopic (exact) mass is 200 g/mol. The molecule has 0 saturated carbocycles. The molecule has 0 aromatic heterocycles. The zero-order valence-corrected chi connectivity index (χ0v) is 10.0. The summed E-state index contributed by atoms with van der Waals surface area (Å²) in [5.41, 5.74) is 1.12. The van der Waals surface area contributed by atoms with Gasteiger partial charge in [-0.25, -0.2) is 0 Å². The Labute approximate surface area is 104 Å². The first kappa shape index (κ1) is 13.4. The molecule has 0 amide bonds. The van der Waals surface area contributed by atoms with Gasteiger partial charge in [0.2, 0.25) is 0 Å². The van der Waals surface area contributed by atoms with E-state index < -0.39 is 5.97 Å². The van der Waals surface area contributed by atoms with Crippen molar-refractivity contribution in [1.82, 2.24) is 0 Å². The SMILES string of the molecule is O=CCCc1ccc(C(=O)[O-])cc1.[Na+]. The van der Waals surface area contributed by atoms with E-state index in [1.807, 2.05) is 0 Å². The standard InChI is InChI=1S/C10H10O3.Na/c11-7-1-2-8-3-5-9(6-4-8)10(12)13;/h3-7H,1-2H2,(H,12,13);/q;+1/p-1. The minimum atomic E-state index is -1.18. The molecule has 0 saturated heterocycles. The molecule has 0 bridgehead atoms. The Morgan fingerprint density at radius 2 is 1.86 bits per heavy atom. The Hall–Kier alpha value is -0.640. The third kappa shape index (κ3) is 4.05. The second kappa shape index (κ2) is 6.76. The number of carbonyl (C=O) groups is 2. The molecular formula is C10H9NaO3. The van der Waals surface area contributed by atoms with Gasteiger partial charge < -0.3 is 14.7 Å². The van der Waals surface area contributed by atoms with Crippen molar-refractivity contribution in [1.29, 1.82) is 0 Å². The first-order valence-corrected chi connectivity index (χ1v) is 3.98. The molecule has 14 heavy (non-hydrogen) atoms. The van der Waals surface area contributed by atoms with Crippen LogP contribution in [0.1, 0.15) is 22.3 Å². The van der Waals surface area contributed by atoms with E-state index in [0.717, 1.165) is 11.8 Å². The second-order valence-electron chi connectivity index (χ2n) is 2.69. The van der Waals surface area contributed by atoms with E-state index in [2.05, 4.69) is 0 Å². The summed E-state index contributed by atoms with van der Waals surface area (Å²) in [5.74, 6) is -1.18. The van der Waals surface area contributed by atoms with Crippen molar-refractivity contribution >= 4 is 12.3 Å². The number of aldehydes is 1. The number of hydrogen-bond donors (Lipinski definition) is 0. The Morgan fingerprint density at radius 1 is 1.29 bits per heavy atom. The predicted molar refractivity (Wildman–Crippen MR) is 45.2 cm³/mol. The van der Waals surface area contributed by atoms with Crippen molar-refractivity contribution < 1.29 is 44.3 Å². The van der Waals surface area contributed by atoms with E-state index in [0.29, 0.717) is 12.8 Å². The maximum absolute atomic E-state index is 10.4. The van der Waals surface area contributed by atoms with Crippen molar-refractivity contribution in [3.63, 3.8) is 0 Å². The van der Waals surface area contributed by atoms with Crippen LogP contribution in [0.3, 0.4) is 0 Å². The van der Waals surface area contributed by atoms with Crippen LogP contribution in [0, 0.1) is 0 Å². The number of aryl methyl sites for hydroxylation is 1. The summed E-state index contributed by atoms with van der Waals surface area (Å²) in [5, 5.41) is 10.4. The fourth-order valence-corrected chi connectivity index (χ4v) is 1.03. The Kier molecular flexibility index (Phi) is 6.45. The number of rotatable bonds is 4. The number of carboxylic acids is 1. The van der Waals surface area contributed by atoms with Gasteiger partial charge in [-0.3, -0.25) is 0 Å². The molecule has 3 nitrogen and oxygen atoms in total. The quantitative estimate of drug-likeness (QED) is 0.389. The van der Waals surface area contributed by atoms with E-state index in [9.17, 15) is 14.7 Å². The van der Waals surface area contributed by atoms with Crippen molar-refractivity contribution in [2.75, 3.05) is 0 Å². The van der Waals surface area contributed by atoms with Gasteiger partial charge in [-0.15, -0.1) is 0 Å². The number of carbonyl (C=O) groups excluding carboxylic acids is 2. The summed E-state index contributed by atoms with van der Waals surface area (Å²) in [6.45, 7) is 0. The molecule has 0 aliphatic carbocycles. The van der Waals surface area contributed by atoms with E-state index in [1.165, 1.54) is 12.1 Å². The average molecular weight is 200 g/mol. The Balaban J connectivity index is 0.00000169. The molecule has 0 unspecified atom stereocenters. The molecule has 0 aliphatic rings. The van der Waals surface area contributed by atoms with Gasteiger partial charge in [-0.2, -0.15) is 0 Å². The number of benzene rings is 1. The first-order chi connectivity index (χ1) is 6.24. The minimum Gasteiger partial charge on any atom is -0.545 e. The van der Waals surface area contributed by atoms with Crippen LogP contribution >= 0.6 is 0 Å². The van der Waals surface area contributed by atoms with E-state index in [-0.39, 0.29) is 35.1 Å². The largest absolute Gasteiger partial charge is 1.00 e. The van der Waals surface area contributed by atoms with Gasteiger partial charge in [0.15, 0.2) is 0 Å². The molecule has 0 atom stereocenters. The molecule has 4 heteroatoms. The van der Waals surface area contributed by atoms with Crippen molar-refractivity contribution in [3.8, 4) is 0 Å². The average Bonchev–Trinajstić information content (AvgIpc) is 2.15. The summed E-state index contributed by atoms with van der Waals surface area (Å²) in [6, 6.07) is 6.34. The topological polar surface area (TPSA) is 57.2 Å². The van der Waals surface area contributed by atoms with Gasteiger partial charge >= 0.3 is 29.6 Å². The van der Waals surface area contributed by atoms with Gasteiger partial charge in [0.05, 0.1) is 5.97 Å². The fraction of sp³-hybridized carbons (Fsp3) is 0.200. The molecule has 1 rings (SSSR count). The van der Waals surface area contributed by atoms with Gasteiger partial charge in [-0.1, -0.05) is 24.3 Å². The van der Waals surface area contributed by atoms with Gasteiger partial charge in [0, 0.05) is 6.42 Å². The molecule has 0 radical (unpaired) electrons. The number of carboxylic acid groups (broad SMARTS) is 1. The molecule has 0 N–H and O–H groups in total. The second-order valence-corrected chi connectivity index (χ2v) is 2.69.